The Morgan fingerprint density at radius 2 is 1.02 bits per heavy atom. The topological polar surface area (TPSA) is 102 Å². The van der Waals surface area contributed by atoms with Crippen LogP contribution in [0.25, 0.3) is 0 Å². The zero-order valence-electron chi connectivity index (χ0n) is 32.6. The molecule has 0 aliphatic heterocycles. The Morgan fingerprint density at radius 3 is 1.49 bits per heavy atom. The van der Waals surface area contributed by atoms with Gasteiger partial charge >= 0.3 is 11.9 Å². The lowest BCUT2D eigenvalue weighted by Crippen LogP contribution is -2.55. The highest BCUT2D eigenvalue weighted by atomic mass is 16.6. The molecule has 0 heterocycles. The number of aliphatic carboxylic acids is 1. The molecule has 0 amide bonds. The molecule has 0 rings (SSSR count). The average molecular weight is 696 g/mol. The highest BCUT2D eigenvalue weighted by Crippen LogP contribution is 2.14. The highest BCUT2D eigenvalue weighted by molar-refractivity contribution is 5.70. The maximum atomic E-state index is 12.6. The van der Waals surface area contributed by atoms with Crippen molar-refractivity contribution in [2.75, 3.05) is 41.0 Å². The van der Waals surface area contributed by atoms with E-state index in [4.69, 9.17) is 14.2 Å². The largest absolute Gasteiger partial charge is 0.544 e. The Hall–Kier alpha value is -1.93. The van der Waals surface area contributed by atoms with Gasteiger partial charge in [-0.05, 0) is 38.5 Å². The van der Waals surface area contributed by atoms with Crippen LogP contribution >= 0.6 is 0 Å². The lowest BCUT2D eigenvalue weighted by molar-refractivity contribution is -0.889. The molecule has 0 saturated heterocycles. The van der Waals surface area contributed by atoms with Gasteiger partial charge in [-0.2, -0.15) is 0 Å². The van der Waals surface area contributed by atoms with E-state index in [-0.39, 0.29) is 42.7 Å². The van der Waals surface area contributed by atoms with Gasteiger partial charge in [0, 0.05) is 19.3 Å². The lowest BCUT2D eigenvalue weighted by Gasteiger charge is -2.34. The maximum Gasteiger partial charge on any atom is 0.306 e. The summed E-state index contributed by atoms with van der Waals surface area (Å²) in [6, 6.07) is -0.719. The molecule has 0 bridgehead atoms. The van der Waals surface area contributed by atoms with Crippen molar-refractivity contribution in [3.05, 3.63) is 12.2 Å². The molecular formula is C41H77NO7. The molecule has 0 aromatic heterocycles. The normalized spacial score (nSPS) is 13.1. The quantitative estimate of drug-likeness (QED) is 0.0279. The monoisotopic (exact) mass is 696 g/mol. The SMILES string of the molecule is CCCCCCCCCC/C=C\CCCCCCCCCCCC(=O)OC(COCCC(C(=O)[O-])[N+](C)(C)C)COC(=O)CCCCCC. The molecule has 49 heavy (non-hydrogen) atoms. The van der Waals surface area contributed by atoms with Crippen LogP contribution in [0.15, 0.2) is 12.2 Å². The number of carboxylic acid groups (broad SMARTS) is 1. The average Bonchev–Trinajstić information content (AvgIpc) is 3.05. The van der Waals surface area contributed by atoms with Crippen LogP contribution in [0.5, 0.6) is 0 Å². The summed E-state index contributed by atoms with van der Waals surface area (Å²) in [4.78, 5) is 36.3. The van der Waals surface area contributed by atoms with Gasteiger partial charge in [0.05, 0.1) is 40.3 Å². The molecule has 2 atom stereocenters. The number of hydrogen-bond donors (Lipinski definition) is 0. The molecule has 0 N–H and O–H groups in total. The van der Waals surface area contributed by atoms with Crippen LogP contribution in [-0.2, 0) is 28.6 Å². The molecule has 0 saturated carbocycles. The Morgan fingerprint density at radius 1 is 0.592 bits per heavy atom. The van der Waals surface area contributed by atoms with Gasteiger partial charge in [0.2, 0.25) is 0 Å². The predicted octanol–water partition coefficient (Wildman–Crippen LogP) is 9.02. The smallest absolute Gasteiger partial charge is 0.306 e. The third-order valence-corrected chi connectivity index (χ3v) is 9.15. The van der Waals surface area contributed by atoms with Crippen molar-refractivity contribution in [1.29, 1.82) is 0 Å². The third kappa shape index (κ3) is 31.8. The standard InChI is InChI=1S/C41H77NO7/c1-6-8-10-12-13-14-15-16-17-18-19-20-21-22-23-24-25-26-27-28-30-32-40(44)49-37(36-48-39(43)31-29-11-9-7-2)35-47-34-33-38(41(45)46)42(3,4)5/h18-19,37-38H,6-17,20-36H2,1-5H3/b19-18-. The van der Waals surface area contributed by atoms with E-state index in [0.717, 1.165) is 44.9 Å². The minimum absolute atomic E-state index is 0.0430. The van der Waals surface area contributed by atoms with Gasteiger partial charge in [0.15, 0.2) is 6.10 Å². The van der Waals surface area contributed by atoms with Crippen LogP contribution in [-0.4, -0.2) is 75.5 Å². The lowest BCUT2D eigenvalue weighted by atomic mass is 10.1. The van der Waals surface area contributed by atoms with Gasteiger partial charge in [-0.15, -0.1) is 0 Å². The number of allylic oxidation sites excluding steroid dienone is 2. The van der Waals surface area contributed by atoms with Crippen molar-refractivity contribution in [3.8, 4) is 0 Å². The molecule has 2 unspecified atom stereocenters. The number of likely N-dealkylation sites (N-methyl/N-ethyl adjacent to an activating group) is 1. The third-order valence-electron chi connectivity index (χ3n) is 9.15. The van der Waals surface area contributed by atoms with Crippen molar-refractivity contribution in [1.82, 2.24) is 0 Å². The molecule has 0 radical (unpaired) electrons. The Bertz CT molecular complexity index is 823. The van der Waals surface area contributed by atoms with Crippen LogP contribution in [0.4, 0.5) is 0 Å². The number of quaternary nitrogens is 1. The molecule has 8 nitrogen and oxygen atoms in total. The van der Waals surface area contributed by atoms with Crippen LogP contribution < -0.4 is 5.11 Å². The fraction of sp³-hybridized carbons (Fsp3) is 0.878. The van der Waals surface area contributed by atoms with Crippen LogP contribution in [0.2, 0.25) is 0 Å². The molecule has 0 aliphatic carbocycles. The second-order valence-corrected chi connectivity index (χ2v) is 14.9. The molecule has 288 valence electrons. The summed E-state index contributed by atoms with van der Waals surface area (Å²) in [5.41, 5.74) is 0. The van der Waals surface area contributed by atoms with Gasteiger partial charge in [-0.1, -0.05) is 135 Å². The Kier molecular flexibility index (Phi) is 31.9. The summed E-state index contributed by atoms with van der Waals surface area (Å²) in [6.07, 6.45) is 32.9. The van der Waals surface area contributed by atoms with Gasteiger partial charge in [-0.3, -0.25) is 9.59 Å². The van der Waals surface area contributed by atoms with Crippen LogP contribution in [0, 0.1) is 0 Å². The molecule has 0 aromatic rings. The van der Waals surface area contributed by atoms with E-state index in [1.807, 2.05) is 0 Å². The first-order valence-corrected chi connectivity index (χ1v) is 20.2. The van der Waals surface area contributed by atoms with Crippen LogP contribution in [0.3, 0.4) is 0 Å². The second kappa shape index (κ2) is 33.2. The van der Waals surface area contributed by atoms with Gasteiger partial charge in [0.1, 0.15) is 12.6 Å². The Labute approximate surface area is 301 Å². The van der Waals surface area contributed by atoms with Crippen LogP contribution in [0.1, 0.15) is 181 Å². The number of esters is 2. The summed E-state index contributed by atoms with van der Waals surface area (Å²) in [5, 5.41) is 11.5. The van der Waals surface area contributed by atoms with Gasteiger partial charge in [-0.25, -0.2) is 0 Å². The van der Waals surface area contributed by atoms with Gasteiger partial charge < -0.3 is 28.6 Å². The summed E-state index contributed by atoms with van der Waals surface area (Å²) < 4.78 is 16.9. The first kappa shape index (κ1) is 47.1. The molecular weight excluding hydrogens is 618 g/mol. The van der Waals surface area contributed by atoms with Crippen molar-refractivity contribution < 1.29 is 38.2 Å². The summed E-state index contributed by atoms with van der Waals surface area (Å²) in [5.74, 6) is -1.75. The summed E-state index contributed by atoms with van der Waals surface area (Å²) in [7, 11) is 5.39. The minimum Gasteiger partial charge on any atom is -0.544 e. The number of nitrogens with zero attached hydrogens (tertiary/aromatic N) is 1. The molecule has 0 fully saturated rings. The zero-order valence-corrected chi connectivity index (χ0v) is 32.6. The van der Waals surface area contributed by atoms with Crippen molar-refractivity contribution in [2.24, 2.45) is 0 Å². The second-order valence-electron chi connectivity index (χ2n) is 14.9. The van der Waals surface area contributed by atoms with Crippen molar-refractivity contribution >= 4 is 17.9 Å². The van der Waals surface area contributed by atoms with Crippen molar-refractivity contribution in [2.45, 2.75) is 193 Å². The number of rotatable bonds is 36. The minimum atomic E-state index is -1.13. The van der Waals surface area contributed by atoms with E-state index >= 15 is 0 Å². The van der Waals surface area contributed by atoms with Crippen molar-refractivity contribution in [3.63, 3.8) is 0 Å². The molecule has 0 spiro atoms. The number of unbranched alkanes of at least 4 members (excludes halogenated alkanes) is 20. The number of carboxylic acids is 1. The summed E-state index contributed by atoms with van der Waals surface area (Å²) >= 11 is 0. The molecule has 0 aromatic carbocycles. The number of carbonyl (C=O) groups excluding carboxylic acids is 3. The number of hydrogen-bond acceptors (Lipinski definition) is 7. The predicted molar refractivity (Wildman–Crippen MR) is 199 cm³/mol. The number of carbonyl (C=O) groups is 3. The highest BCUT2D eigenvalue weighted by Gasteiger charge is 2.25. The first-order chi connectivity index (χ1) is 23.6. The molecule has 0 aliphatic rings. The zero-order chi connectivity index (χ0) is 36.4. The number of ether oxygens (including phenoxy) is 3. The van der Waals surface area contributed by atoms with Gasteiger partial charge in [0.25, 0.3) is 0 Å². The maximum absolute atomic E-state index is 12.6. The van der Waals surface area contributed by atoms with E-state index < -0.39 is 18.1 Å². The van der Waals surface area contributed by atoms with E-state index in [2.05, 4.69) is 26.0 Å². The van der Waals surface area contributed by atoms with E-state index in [9.17, 15) is 19.5 Å². The fourth-order valence-electron chi connectivity index (χ4n) is 5.95. The molecule has 8 heteroatoms. The fourth-order valence-corrected chi connectivity index (χ4v) is 5.95. The van der Waals surface area contributed by atoms with E-state index in [1.165, 1.54) is 103 Å². The van der Waals surface area contributed by atoms with E-state index in [1.54, 1.807) is 21.1 Å². The summed E-state index contributed by atoms with van der Waals surface area (Å²) in [6.45, 7) is 4.54. The van der Waals surface area contributed by atoms with E-state index in [0.29, 0.717) is 12.8 Å². The first-order valence-electron chi connectivity index (χ1n) is 20.2. The Balaban J connectivity index is 4.09.